The monoisotopic (exact) mass is 342 g/mol. The Kier molecular flexibility index (Phi) is 4.26. The predicted octanol–water partition coefficient (Wildman–Crippen LogP) is 0.599. The molecule has 0 aliphatic heterocycles. The topological polar surface area (TPSA) is 88.1 Å². The summed E-state index contributed by atoms with van der Waals surface area (Å²) < 4.78 is 9.17. The summed E-state index contributed by atoms with van der Waals surface area (Å²) in [5.41, 5.74) is 1.27. The number of fused-ring (bicyclic) bond motifs is 1. The molecule has 0 N–H and O–H groups in total. The van der Waals surface area contributed by atoms with Gasteiger partial charge in [-0.3, -0.25) is 13.9 Å². The van der Waals surface area contributed by atoms with Crippen LogP contribution >= 0.6 is 0 Å². The Hall–Kier alpha value is -3.16. The average Bonchev–Trinajstić information content (AvgIpc) is 3.02. The molecule has 25 heavy (non-hydrogen) atoms. The second kappa shape index (κ2) is 6.39. The normalized spacial score (nSPS) is 11.0. The summed E-state index contributed by atoms with van der Waals surface area (Å²) in [4.78, 5) is 40.3. The van der Waals surface area contributed by atoms with E-state index >= 15 is 0 Å². The van der Waals surface area contributed by atoms with E-state index in [9.17, 15) is 14.4 Å². The Morgan fingerprint density at radius 3 is 2.48 bits per heavy atom. The highest BCUT2D eigenvalue weighted by Gasteiger charge is 2.14. The average molecular weight is 342 g/mol. The molecule has 0 saturated heterocycles. The number of hydrogen-bond donors (Lipinski definition) is 0. The van der Waals surface area contributed by atoms with Gasteiger partial charge in [0.1, 0.15) is 6.61 Å². The van der Waals surface area contributed by atoms with Crippen LogP contribution in [0, 0.1) is 6.92 Å². The zero-order valence-electron chi connectivity index (χ0n) is 14.2. The van der Waals surface area contributed by atoms with E-state index in [-0.39, 0.29) is 13.2 Å². The molecule has 0 unspecified atom stereocenters. The standard InChI is InChI=1S/C17H18N4O4/c1-11-4-6-12(7-5-11)16(23)25-9-8-21-10-18-14-13(21)15(22)20(3)17(24)19(14)2/h4-7,10H,8-9H2,1-3H3. The van der Waals surface area contributed by atoms with Crippen molar-refractivity contribution in [3.8, 4) is 0 Å². The third-order valence-electron chi connectivity index (χ3n) is 4.07. The van der Waals surface area contributed by atoms with Gasteiger partial charge in [0.05, 0.1) is 18.4 Å². The lowest BCUT2D eigenvalue weighted by Crippen LogP contribution is -2.37. The number of nitrogens with zero attached hydrogens (tertiary/aromatic N) is 4. The molecule has 130 valence electrons. The van der Waals surface area contributed by atoms with Crippen molar-refractivity contribution in [2.45, 2.75) is 13.5 Å². The Balaban J connectivity index is 1.78. The quantitative estimate of drug-likeness (QED) is 0.648. The molecular formula is C17H18N4O4. The molecule has 0 fully saturated rings. The van der Waals surface area contributed by atoms with Gasteiger partial charge in [-0.05, 0) is 19.1 Å². The van der Waals surface area contributed by atoms with Gasteiger partial charge < -0.3 is 9.30 Å². The van der Waals surface area contributed by atoms with Crippen molar-refractivity contribution in [2.24, 2.45) is 14.1 Å². The minimum Gasteiger partial charge on any atom is -0.460 e. The lowest BCUT2D eigenvalue weighted by molar-refractivity contribution is 0.0492. The highest BCUT2D eigenvalue weighted by Crippen LogP contribution is 2.07. The van der Waals surface area contributed by atoms with E-state index in [4.69, 9.17) is 4.74 Å². The smallest absolute Gasteiger partial charge is 0.338 e. The lowest BCUT2D eigenvalue weighted by atomic mass is 10.1. The van der Waals surface area contributed by atoms with Crippen molar-refractivity contribution >= 4 is 17.1 Å². The number of hydrogen-bond acceptors (Lipinski definition) is 5. The molecule has 3 rings (SSSR count). The molecular weight excluding hydrogens is 324 g/mol. The van der Waals surface area contributed by atoms with Crippen LogP contribution in [-0.2, 0) is 25.4 Å². The summed E-state index contributed by atoms with van der Waals surface area (Å²) >= 11 is 0. The summed E-state index contributed by atoms with van der Waals surface area (Å²) in [7, 11) is 2.97. The lowest BCUT2D eigenvalue weighted by Gasteiger charge is -2.08. The van der Waals surface area contributed by atoms with Crippen LogP contribution in [0.15, 0.2) is 40.2 Å². The van der Waals surface area contributed by atoms with Gasteiger partial charge >= 0.3 is 11.7 Å². The van der Waals surface area contributed by atoms with Gasteiger partial charge in [0, 0.05) is 14.1 Å². The van der Waals surface area contributed by atoms with Gasteiger partial charge in [-0.25, -0.2) is 14.6 Å². The van der Waals surface area contributed by atoms with Crippen molar-refractivity contribution in [3.63, 3.8) is 0 Å². The van der Waals surface area contributed by atoms with Crippen LogP contribution in [0.25, 0.3) is 11.2 Å². The highest BCUT2D eigenvalue weighted by molar-refractivity contribution is 5.89. The number of esters is 1. The van der Waals surface area contributed by atoms with Gasteiger partial charge in [0.15, 0.2) is 11.2 Å². The van der Waals surface area contributed by atoms with Gasteiger partial charge in [0.2, 0.25) is 0 Å². The Morgan fingerprint density at radius 2 is 1.80 bits per heavy atom. The van der Waals surface area contributed by atoms with E-state index < -0.39 is 17.2 Å². The Morgan fingerprint density at radius 1 is 1.12 bits per heavy atom. The first-order valence-corrected chi connectivity index (χ1v) is 7.75. The van der Waals surface area contributed by atoms with Crippen LogP contribution in [0.3, 0.4) is 0 Å². The largest absolute Gasteiger partial charge is 0.460 e. The Bertz CT molecular complexity index is 1060. The van der Waals surface area contributed by atoms with Crippen LogP contribution in [0.2, 0.25) is 0 Å². The van der Waals surface area contributed by atoms with Crippen LogP contribution < -0.4 is 11.2 Å². The van der Waals surface area contributed by atoms with Crippen LogP contribution in [-0.4, -0.2) is 31.3 Å². The highest BCUT2D eigenvalue weighted by atomic mass is 16.5. The Labute approximate surface area is 142 Å². The van der Waals surface area contributed by atoms with Gasteiger partial charge in [-0.15, -0.1) is 0 Å². The van der Waals surface area contributed by atoms with E-state index in [1.807, 2.05) is 19.1 Å². The van der Waals surface area contributed by atoms with E-state index in [1.165, 1.54) is 17.9 Å². The number of aromatic nitrogens is 4. The first kappa shape index (κ1) is 16.7. The zero-order chi connectivity index (χ0) is 18.1. The first-order chi connectivity index (χ1) is 11.9. The summed E-state index contributed by atoms with van der Waals surface area (Å²) in [6, 6.07) is 7.08. The molecule has 2 aromatic heterocycles. The molecule has 3 aromatic rings. The number of imidazole rings is 1. The minimum absolute atomic E-state index is 0.0875. The molecule has 0 spiro atoms. The number of benzene rings is 1. The molecule has 0 aliphatic carbocycles. The fourth-order valence-corrected chi connectivity index (χ4v) is 2.58. The van der Waals surface area contributed by atoms with Crippen molar-refractivity contribution in [2.75, 3.05) is 6.61 Å². The molecule has 0 radical (unpaired) electrons. The fraction of sp³-hybridized carbons (Fsp3) is 0.294. The van der Waals surface area contributed by atoms with Gasteiger partial charge in [-0.2, -0.15) is 0 Å². The zero-order valence-corrected chi connectivity index (χ0v) is 14.2. The fourth-order valence-electron chi connectivity index (χ4n) is 2.58. The molecule has 0 aliphatic rings. The van der Waals surface area contributed by atoms with Crippen molar-refractivity contribution in [1.82, 2.24) is 18.7 Å². The SMILES string of the molecule is Cc1ccc(C(=O)OCCn2cnc3c2c(=O)n(C)c(=O)n3C)cc1. The van der Waals surface area contributed by atoms with Crippen molar-refractivity contribution in [3.05, 3.63) is 62.6 Å². The summed E-state index contributed by atoms with van der Waals surface area (Å²) in [5, 5.41) is 0. The van der Waals surface area contributed by atoms with Gasteiger partial charge in [-0.1, -0.05) is 17.7 Å². The third kappa shape index (κ3) is 2.98. The van der Waals surface area contributed by atoms with E-state index in [0.29, 0.717) is 16.7 Å². The molecule has 0 amide bonds. The van der Waals surface area contributed by atoms with E-state index in [1.54, 1.807) is 23.7 Å². The van der Waals surface area contributed by atoms with Gasteiger partial charge in [0.25, 0.3) is 5.56 Å². The number of aryl methyl sites for hydroxylation is 2. The second-order valence-corrected chi connectivity index (χ2v) is 5.82. The van der Waals surface area contributed by atoms with Crippen LogP contribution in [0.4, 0.5) is 0 Å². The number of carbonyl (C=O) groups excluding carboxylic acids is 1. The number of ether oxygens (including phenoxy) is 1. The van der Waals surface area contributed by atoms with E-state index in [2.05, 4.69) is 4.98 Å². The molecule has 8 nitrogen and oxygen atoms in total. The third-order valence-corrected chi connectivity index (χ3v) is 4.07. The number of carbonyl (C=O) groups is 1. The molecule has 0 bridgehead atoms. The van der Waals surface area contributed by atoms with E-state index in [0.717, 1.165) is 10.1 Å². The van der Waals surface area contributed by atoms with Crippen LogP contribution in [0.5, 0.6) is 0 Å². The maximum atomic E-state index is 12.3. The predicted molar refractivity (Wildman–Crippen MR) is 91.7 cm³/mol. The maximum Gasteiger partial charge on any atom is 0.338 e. The molecule has 8 heteroatoms. The molecule has 0 saturated carbocycles. The van der Waals surface area contributed by atoms with Crippen molar-refractivity contribution < 1.29 is 9.53 Å². The van der Waals surface area contributed by atoms with Crippen molar-refractivity contribution in [1.29, 1.82) is 0 Å². The van der Waals surface area contributed by atoms with Crippen LogP contribution in [0.1, 0.15) is 15.9 Å². The first-order valence-electron chi connectivity index (χ1n) is 7.75. The maximum absolute atomic E-state index is 12.3. The number of rotatable bonds is 4. The summed E-state index contributed by atoms with van der Waals surface area (Å²) in [5.74, 6) is -0.426. The molecule has 0 atom stereocenters. The second-order valence-electron chi connectivity index (χ2n) is 5.82. The molecule has 1 aromatic carbocycles. The minimum atomic E-state index is -0.437. The summed E-state index contributed by atoms with van der Waals surface area (Å²) in [6.45, 7) is 2.29. The molecule has 2 heterocycles. The summed E-state index contributed by atoms with van der Waals surface area (Å²) in [6.07, 6.45) is 1.46.